The van der Waals surface area contributed by atoms with Crippen molar-refractivity contribution in [3.05, 3.63) is 83.7 Å². The number of oxime groups is 1. The van der Waals surface area contributed by atoms with Crippen LogP contribution in [0, 0.1) is 11.8 Å². The van der Waals surface area contributed by atoms with Crippen molar-refractivity contribution in [2.24, 2.45) is 17.0 Å². The second kappa shape index (κ2) is 13.0. The first-order valence-electron chi connectivity index (χ1n) is 11.9. The average molecular weight is 465 g/mol. The molecule has 0 radical (unpaired) electrons. The van der Waals surface area contributed by atoms with E-state index in [0.717, 1.165) is 11.1 Å². The minimum Gasteiger partial charge on any atom is -0.394 e. The lowest BCUT2D eigenvalue weighted by Gasteiger charge is -2.25. The molecule has 34 heavy (non-hydrogen) atoms. The van der Waals surface area contributed by atoms with Gasteiger partial charge in [0.25, 0.3) is 0 Å². The van der Waals surface area contributed by atoms with Gasteiger partial charge in [-0.15, -0.1) is 5.10 Å². The Morgan fingerprint density at radius 3 is 2.24 bits per heavy atom. The van der Waals surface area contributed by atoms with Crippen molar-refractivity contribution in [2.75, 3.05) is 6.61 Å². The summed E-state index contributed by atoms with van der Waals surface area (Å²) in [4.78, 5) is 5.67. The quantitative estimate of drug-likeness (QED) is 0.284. The molecule has 7 heteroatoms. The first kappa shape index (κ1) is 25.6. The van der Waals surface area contributed by atoms with E-state index in [1.54, 1.807) is 10.9 Å². The maximum Gasteiger partial charge on any atom is 0.169 e. The van der Waals surface area contributed by atoms with Crippen molar-refractivity contribution >= 4 is 6.21 Å². The van der Waals surface area contributed by atoms with Gasteiger partial charge < -0.3 is 14.7 Å². The molecule has 3 rings (SSSR count). The SMILES string of the molecule is CC(C)[C@@H](OCc1ccccc1)[C@H](C)C=NO[C@H](C)c1cn([C@H](CO)Cc2ccccc2)nn1. The van der Waals surface area contributed by atoms with Crippen LogP contribution in [0.4, 0.5) is 0 Å². The van der Waals surface area contributed by atoms with E-state index in [2.05, 4.69) is 48.4 Å². The largest absolute Gasteiger partial charge is 0.394 e. The molecule has 0 aliphatic rings. The van der Waals surface area contributed by atoms with Crippen molar-refractivity contribution in [1.29, 1.82) is 0 Å². The van der Waals surface area contributed by atoms with Crippen LogP contribution in [0.3, 0.4) is 0 Å². The van der Waals surface area contributed by atoms with Crippen LogP contribution in [-0.2, 0) is 22.6 Å². The summed E-state index contributed by atoms with van der Waals surface area (Å²) in [6, 6.07) is 20.0. The third-order valence-electron chi connectivity index (χ3n) is 5.82. The van der Waals surface area contributed by atoms with Crippen molar-refractivity contribution in [3.8, 4) is 0 Å². The van der Waals surface area contributed by atoms with Gasteiger partial charge in [0.05, 0.1) is 31.6 Å². The summed E-state index contributed by atoms with van der Waals surface area (Å²) >= 11 is 0. The van der Waals surface area contributed by atoms with Gasteiger partial charge in [-0.05, 0) is 30.4 Å². The molecule has 2 aromatic carbocycles. The molecule has 0 amide bonds. The van der Waals surface area contributed by atoms with Crippen LogP contribution >= 0.6 is 0 Å². The van der Waals surface area contributed by atoms with Crippen LogP contribution in [0.25, 0.3) is 0 Å². The molecule has 4 atom stereocenters. The maximum absolute atomic E-state index is 9.85. The summed E-state index contributed by atoms with van der Waals surface area (Å²) in [6.45, 7) is 8.80. The fraction of sp³-hybridized carbons (Fsp3) is 0.444. The average Bonchev–Trinajstić information content (AvgIpc) is 3.34. The first-order valence-corrected chi connectivity index (χ1v) is 11.9. The van der Waals surface area contributed by atoms with E-state index >= 15 is 0 Å². The summed E-state index contributed by atoms with van der Waals surface area (Å²) in [5.41, 5.74) is 2.95. The zero-order chi connectivity index (χ0) is 24.3. The highest BCUT2D eigenvalue weighted by atomic mass is 16.6. The van der Waals surface area contributed by atoms with Crippen LogP contribution in [-0.4, -0.2) is 39.0 Å². The summed E-state index contributed by atoms with van der Waals surface area (Å²) < 4.78 is 7.88. The molecule has 0 spiro atoms. The summed E-state index contributed by atoms with van der Waals surface area (Å²) in [7, 11) is 0. The van der Waals surface area contributed by atoms with E-state index in [1.807, 2.05) is 61.7 Å². The molecule has 0 saturated heterocycles. The lowest BCUT2D eigenvalue weighted by molar-refractivity contribution is -0.00779. The zero-order valence-corrected chi connectivity index (χ0v) is 20.5. The van der Waals surface area contributed by atoms with Gasteiger partial charge in [0.1, 0.15) is 5.69 Å². The molecule has 0 aliphatic heterocycles. The highest BCUT2D eigenvalue weighted by Crippen LogP contribution is 2.20. The molecule has 0 saturated carbocycles. The number of aliphatic hydroxyl groups is 1. The van der Waals surface area contributed by atoms with E-state index < -0.39 is 0 Å². The molecular formula is C27H36N4O3. The second-order valence-electron chi connectivity index (χ2n) is 9.02. The number of hydrogen-bond donors (Lipinski definition) is 1. The van der Waals surface area contributed by atoms with Gasteiger partial charge in [0.2, 0.25) is 0 Å². The third kappa shape index (κ3) is 7.50. The van der Waals surface area contributed by atoms with Crippen LogP contribution in [0.15, 0.2) is 72.0 Å². The minimum atomic E-state index is -0.365. The third-order valence-corrected chi connectivity index (χ3v) is 5.82. The fourth-order valence-electron chi connectivity index (χ4n) is 3.86. The standard InChI is InChI=1S/C27H36N4O3/c1-20(2)27(33-19-24-13-9-6-10-14-24)21(3)16-28-34-22(4)26-17-31(30-29-26)25(18-32)15-23-11-7-5-8-12-23/h5-14,16-17,20-22,25,27,32H,15,18-19H2,1-4H3/t21-,22-,25+,27-/m1/s1. The Balaban J connectivity index is 1.54. The molecule has 1 N–H and O–H groups in total. The minimum absolute atomic E-state index is 0.0204. The van der Waals surface area contributed by atoms with Gasteiger partial charge in [0, 0.05) is 12.1 Å². The van der Waals surface area contributed by atoms with Crippen LogP contribution in [0.2, 0.25) is 0 Å². The van der Waals surface area contributed by atoms with E-state index in [0.29, 0.717) is 24.6 Å². The normalized spacial score (nSPS) is 15.4. The fourth-order valence-corrected chi connectivity index (χ4v) is 3.86. The van der Waals surface area contributed by atoms with Crippen LogP contribution in [0.1, 0.15) is 56.7 Å². The van der Waals surface area contributed by atoms with Gasteiger partial charge in [-0.3, -0.25) is 0 Å². The topological polar surface area (TPSA) is 81.8 Å². The Labute approximate surface area is 202 Å². The van der Waals surface area contributed by atoms with Gasteiger partial charge in [0.15, 0.2) is 6.10 Å². The Morgan fingerprint density at radius 1 is 0.971 bits per heavy atom. The van der Waals surface area contributed by atoms with Crippen molar-refractivity contribution in [1.82, 2.24) is 15.0 Å². The predicted octanol–water partition coefficient (Wildman–Crippen LogP) is 5.00. The highest BCUT2D eigenvalue weighted by molar-refractivity contribution is 5.60. The summed E-state index contributed by atoms with van der Waals surface area (Å²) in [6.07, 6.45) is 3.93. The Morgan fingerprint density at radius 2 is 1.62 bits per heavy atom. The van der Waals surface area contributed by atoms with E-state index in [9.17, 15) is 5.11 Å². The molecule has 0 bridgehead atoms. The number of aliphatic hydroxyl groups excluding tert-OH is 1. The number of rotatable bonds is 13. The molecule has 1 heterocycles. The van der Waals surface area contributed by atoms with Gasteiger partial charge >= 0.3 is 0 Å². The molecule has 182 valence electrons. The Kier molecular flexibility index (Phi) is 9.79. The molecule has 1 aromatic heterocycles. The molecule has 0 unspecified atom stereocenters. The van der Waals surface area contributed by atoms with E-state index in [4.69, 9.17) is 9.57 Å². The lowest BCUT2D eigenvalue weighted by atomic mass is 9.95. The van der Waals surface area contributed by atoms with Crippen molar-refractivity contribution in [2.45, 2.75) is 59.0 Å². The molecule has 3 aromatic rings. The van der Waals surface area contributed by atoms with Crippen molar-refractivity contribution < 1.29 is 14.7 Å². The monoisotopic (exact) mass is 464 g/mol. The zero-order valence-electron chi connectivity index (χ0n) is 20.5. The smallest absolute Gasteiger partial charge is 0.169 e. The predicted molar refractivity (Wildman–Crippen MR) is 133 cm³/mol. The van der Waals surface area contributed by atoms with Gasteiger partial charge in [-0.2, -0.15) is 0 Å². The summed E-state index contributed by atoms with van der Waals surface area (Å²) in [5.74, 6) is 0.416. The van der Waals surface area contributed by atoms with Crippen LogP contribution in [0.5, 0.6) is 0 Å². The molecule has 0 aliphatic carbocycles. The van der Waals surface area contributed by atoms with E-state index in [-0.39, 0.29) is 30.8 Å². The number of benzene rings is 2. The number of nitrogens with zero attached hydrogens (tertiary/aromatic N) is 4. The Bertz CT molecular complexity index is 991. The Hall–Kier alpha value is -3.03. The summed E-state index contributed by atoms with van der Waals surface area (Å²) in [5, 5.41) is 22.5. The van der Waals surface area contributed by atoms with Crippen molar-refractivity contribution in [3.63, 3.8) is 0 Å². The number of ether oxygens (including phenoxy) is 1. The molecule has 7 nitrogen and oxygen atoms in total. The molecular weight excluding hydrogens is 428 g/mol. The second-order valence-corrected chi connectivity index (χ2v) is 9.02. The maximum atomic E-state index is 9.85. The van der Waals surface area contributed by atoms with E-state index in [1.165, 1.54) is 0 Å². The first-order chi connectivity index (χ1) is 16.5. The number of hydrogen-bond acceptors (Lipinski definition) is 6. The van der Waals surface area contributed by atoms with Gasteiger partial charge in [-0.25, -0.2) is 4.68 Å². The lowest BCUT2D eigenvalue weighted by Crippen LogP contribution is -2.28. The van der Waals surface area contributed by atoms with Crippen LogP contribution < -0.4 is 0 Å². The van der Waals surface area contributed by atoms with Gasteiger partial charge in [-0.1, -0.05) is 91.8 Å². The number of aromatic nitrogens is 3. The molecule has 0 fully saturated rings. The highest BCUT2D eigenvalue weighted by Gasteiger charge is 2.21.